The molecule has 4 nitrogen and oxygen atoms in total. The molecule has 0 radical (unpaired) electrons. The Labute approximate surface area is 116 Å². The van der Waals surface area contributed by atoms with Crippen LogP contribution in [0.4, 0.5) is 4.79 Å². The number of piperidine rings is 1. The molecule has 0 aromatic carbocycles. The van der Waals surface area contributed by atoms with Crippen LogP contribution in [0.3, 0.4) is 0 Å². The van der Waals surface area contributed by atoms with Crippen molar-refractivity contribution in [2.24, 2.45) is 0 Å². The Morgan fingerprint density at radius 2 is 1.84 bits per heavy atom. The van der Waals surface area contributed by atoms with Crippen LogP contribution in [0.2, 0.25) is 0 Å². The van der Waals surface area contributed by atoms with Crippen molar-refractivity contribution < 1.29 is 9.53 Å². The van der Waals surface area contributed by atoms with Crippen LogP contribution in [-0.2, 0) is 4.74 Å². The Hall–Kier alpha value is -0.770. The molecule has 110 valence electrons. The Balaban J connectivity index is 1.91. The molecular weight excluding hydrogens is 240 g/mol. The van der Waals surface area contributed by atoms with E-state index in [0.717, 1.165) is 32.5 Å². The molecule has 2 saturated heterocycles. The van der Waals surface area contributed by atoms with Crippen LogP contribution in [0.5, 0.6) is 0 Å². The fourth-order valence-electron chi connectivity index (χ4n) is 3.16. The highest BCUT2D eigenvalue weighted by Crippen LogP contribution is 2.30. The third-order valence-corrected chi connectivity index (χ3v) is 4.18. The molecule has 0 bridgehead atoms. The van der Waals surface area contributed by atoms with E-state index in [1.807, 2.05) is 25.7 Å². The number of nitrogens with zero attached hydrogens (tertiary/aromatic N) is 1. The minimum absolute atomic E-state index is 0.152. The van der Waals surface area contributed by atoms with Crippen molar-refractivity contribution in [2.75, 3.05) is 19.6 Å². The fourth-order valence-corrected chi connectivity index (χ4v) is 3.16. The first-order valence-electron chi connectivity index (χ1n) is 7.63. The summed E-state index contributed by atoms with van der Waals surface area (Å²) >= 11 is 0. The number of hydrogen-bond donors (Lipinski definition) is 1. The zero-order valence-corrected chi connectivity index (χ0v) is 12.6. The summed E-state index contributed by atoms with van der Waals surface area (Å²) in [5.41, 5.74) is -0.112. The second kappa shape index (κ2) is 5.70. The number of hydrogen-bond acceptors (Lipinski definition) is 3. The van der Waals surface area contributed by atoms with Gasteiger partial charge in [-0.15, -0.1) is 0 Å². The second-order valence-electron chi connectivity index (χ2n) is 6.99. The van der Waals surface area contributed by atoms with Crippen molar-refractivity contribution in [2.45, 2.75) is 70.4 Å². The Morgan fingerprint density at radius 3 is 2.47 bits per heavy atom. The SMILES string of the molecule is CC(C)(C)OC(=O)N1CCCC2(CCCCN2)CC1. The summed E-state index contributed by atoms with van der Waals surface area (Å²) < 4.78 is 5.48. The van der Waals surface area contributed by atoms with Crippen LogP contribution in [0, 0.1) is 0 Å². The summed E-state index contributed by atoms with van der Waals surface area (Å²) in [6, 6.07) is 0. The lowest BCUT2D eigenvalue weighted by molar-refractivity contribution is 0.0252. The van der Waals surface area contributed by atoms with Crippen molar-refractivity contribution in [3.63, 3.8) is 0 Å². The van der Waals surface area contributed by atoms with Gasteiger partial charge in [-0.05, 0) is 59.4 Å². The van der Waals surface area contributed by atoms with Crippen molar-refractivity contribution >= 4 is 6.09 Å². The van der Waals surface area contributed by atoms with Gasteiger partial charge in [-0.3, -0.25) is 0 Å². The van der Waals surface area contributed by atoms with E-state index >= 15 is 0 Å². The number of ether oxygens (including phenoxy) is 1. The van der Waals surface area contributed by atoms with Gasteiger partial charge in [0, 0.05) is 18.6 Å². The zero-order chi connectivity index (χ0) is 13.9. The van der Waals surface area contributed by atoms with Crippen LogP contribution in [-0.4, -0.2) is 41.8 Å². The minimum atomic E-state index is -0.399. The molecule has 1 atom stereocenters. The first-order valence-corrected chi connectivity index (χ1v) is 7.63. The van der Waals surface area contributed by atoms with E-state index in [1.165, 1.54) is 25.7 Å². The lowest BCUT2D eigenvalue weighted by Crippen LogP contribution is -2.49. The number of carbonyl (C=O) groups is 1. The van der Waals surface area contributed by atoms with Gasteiger partial charge in [-0.25, -0.2) is 4.79 Å². The van der Waals surface area contributed by atoms with Crippen LogP contribution in [0.25, 0.3) is 0 Å². The van der Waals surface area contributed by atoms with Crippen molar-refractivity contribution in [1.82, 2.24) is 10.2 Å². The van der Waals surface area contributed by atoms with E-state index in [4.69, 9.17) is 4.74 Å². The molecule has 4 heteroatoms. The molecule has 1 spiro atoms. The van der Waals surface area contributed by atoms with Crippen molar-refractivity contribution in [3.8, 4) is 0 Å². The van der Waals surface area contributed by atoms with Gasteiger partial charge in [0.15, 0.2) is 0 Å². The molecule has 0 aliphatic carbocycles. The summed E-state index contributed by atoms with van der Waals surface area (Å²) in [6.45, 7) is 8.55. The first kappa shape index (κ1) is 14.6. The second-order valence-corrected chi connectivity index (χ2v) is 6.99. The van der Waals surface area contributed by atoms with Crippen LogP contribution < -0.4 is 5.32 Å². The van der Waals surface area contributed by atoms with Gasteiger partial charge >= 0.3 is 6.09 Å². The molecule has 0 aromatic heterocycles. The molecule has 2 heterocycles. The number of nitrogens with one attached hydrogen (secondary N) is 1. The Kier molecular flexibility index (Phi) is 4.39. The topological polar surface area (TPSA) is 41.6 Å². The van der Waals surface area contributed by atoms with E-state index in [1.54, 1.807) is 0 Å². The largest absolute Gasteiger partial charge is 0.444 e. The molecule has 1 N–H and O–H groups in total. The van der Waals surface area contributed by atoms with Gasteiger partial charge in [0.2, 0.25) is 0 Å². The zero-order valence-electron chi connectivity index (χ0n) is 12.6. The lowest BCUT2D eigenvalue weighted by Gasteiger charge is -2.38. The molecule has 1 amide bonds. The first-order chi connectivity index (χ1) is 8.90. The molecule has 19 heavy (non-hydrogen) atoms. The highest BCUT2D eigenvalue weighted by molar-refractivity contribution is 5.68. The van der Waals surface area contributed by atoms with Crippen molar-refractivity contribution in [1.29, 1.82) is 0 Å². The maximum atomic E-state index is 12.1. The molecule has 2 fully saturated rings. The third-order valence-electron chi connectivity index (χ3n) is 4.18. The van der Waals surface area contributed by atoms with Crippen LogP contribution in [0.1, 0.15) is 59.3 Å². The summed E-state index contributed by atoms with van der Waals surface area (Å²) in [6.07, 6.45) is 7.04. The lowest BCUT2D eigenvalue weighted by atomic mass is 9.83. The molecule has 2 aliphatic rings. The molecule has 0 aromatic rings. The maximum Gasteiger partial charge on any atom is 0.410 e. The number of likely N-dealkylation sites (tertiary alicyclic amines) is 1. The quantitative estimate of drug-likeness (QED) is 0.734. The van der Waals surface area contributed by atoms with Crippen LogP contribution in [0.15, 0.2) is 0 Å². The van der Waals surface area contributed by atoms with E-state index in [2.05, 4.69) is 5.32 Å². The molecule has 2 aliphatic heterocycles. The van der Waals surface area contributed by atoms with Gasteiger partial charge in [0.05, 0.1) is 0 Å². The predicted molar refractivity (Wildman–Crippen MR) is 76.2 cm³/mol. The Morgan fingerprint density at radius 1 is 1.11 bits per heavy atom. The molecular formula is C15H28N2O2. The summed E-state index contributed by atoms with van der Waals surface area (Å²) in [5, 5.41) is 3.70. The number of carbonyl (C=O) groups excluding carboxylic acids is 1. The van der Waals surface area contributed by atoms with Gasteiger partial charge in [-0.1, -0.05) is 6.42 Å². The smallest absolute Gasteiger partial charge is 0.410 e. The Bertz CT molecular complexity index is 317. The summed E-state index contributed by atoms with van der Waals surface area (Å²) in [5.74, 6) is 0. The monoisotopic (exact) mass is 268 g/mol. The van der Waals surface area contributed by atoms with E-state index in [9.17, 15) is 4.79 Å². The fraction of sp³-hybridized carbons (Fsp3) is 0.933. The normalized spacial score (nSPS) is 29.1. The minimum Gasteiger partial charge on any atom is -0.444 e. The van der Waals surface area contributed by atoms with Gasteiger partial charge in [-0.2, -0.15) is 0 Å². The van der Waals surface area contributed by atoms with E-state index < -0.39 is 5.60 Å². The summed E-state index contributed by atoms with van der Waals surface area (Å²) in [4.78, 5) is 14.0. The standard InChI is InChI=1S/C15H28N2O2/c1-14(2,3)19-13(18)17-11-6-8-15(9-12-17)7-4-5-10-16-15/h16H,4-12H2,1-3H3. The number of rotatable bonds is 0. The predicted octanol–water partition coefficient (Wildman–Crippen LogP) is 2.92. The van der Waals surface area contributed by atoms with Gasteiger partial charge < -0.3 is 15.0 Å². The van der Waals surface area contributed by atoms with Gasteiger partial charge in [0.25, 0.3) is 0 Å². The molecule has 2 rings (SSSR count). The summed E-state index contributed by atoms with van der Waals surface area (Å²) in [7, 11) is 0. The number of amides is 1. The molecule has 0 saturated carbocycles. The van der Waals surface area contributed by atoms with E-state index in [-0.39, 0.29) is 11.6 Å². The highest BCUT2D eigenvalue weighted by atomic mass is 16.6. The van der Waals surface area contributed by atoms with E-state index in [0.29, 0.717) is 0 Å². The average Bonchev–Trinajstić information content (AvgIpc) is 2.51. The maximum absolute atomic E-state index is 12.1. The average molecular weight is 268 g/mol. The van der Waals surface area contributed by atoms with Crippen molar-refractivity contribution in [3.05, 3.63) is 0 Å². The van der Waals surface area contributed by atoms with Gasteiger partial charge in [0.1, 0.15) is 5.60 Å². The highest BCUT2D eigenvalue weighted by Gasteiger charge is 2.35. The molecule has 1 unspecified atom stereocenters. The van der Waals surface area contributed by atoms with Crippen LogP contribution >= 0.6 is 0 Å². The third kappa shape index (κ3) is 4.10.